The van der Waals surface area contributed by atoms with Crippen LogP contribution < -0.4 is 0 Å². The topological polar surface area (TPSA) is 88.2 Å². The Bertz CT molecular complexity index is 453. The molecule has 0 saturated heterocycles. The summed E-state index contributed by atoms with van der Waals surface area (Å²) >= 11 is 0. The molecule has 0 amide bonds. The largest absolute Gasteiger partial charge is 0.476 e. The second kappa shape index (κ2) is 6.83. The van der Waals surface area contributed by atoms with Gasteiger partial charge >= 0.3 is 5.97 Å². The summed E-state index contributed by atoms with van der Waals surface area (Å²) in [6, 6.07) is 0. The van der Waals surface area contributed by atoms with Gasteiger partial charge in [-0.05, 0) is 18.8 Å². The number of carbonyl (C=O) groups is 1. The van der Waals surface area contributed by atoms with Crippen LogP contribution >= 0.6 is 0 Å². The molecule has 6 heteroatoms. The van der Waals surface area contributed by atoms with Crippen LogP contribution in [0.15, 0.2) is 0 Å². The minimum Gasteiger partial charge on any atom is -0.476 e. The zero-order valence-electron chi connectivity index (χ0n) is 12.0. The quantitative estimate of drug-likeness (QED) is 0.796. The fourth-order valence-corrected chi connectivity index (χ4v) is 3.03. The summed E-state index contributed by atoms with van der Waals surface area (Å²) in [5, 5.41) is 26.9. The van der Waals surface area contributed by atoms with E-state index in [1.54, 1.807) is 4.68 Å². The van der Waals surface area contributed by atoms with Crippen LogP contribution in [0, 0.1) is 5.92 Å². The van der Waals surface area contributed by atoms with Crippen molar-refractivity contribution in [3.05, 3.63) is 11.4 Å². The van der Waals surface area contributed by atoms with E-state index >= 15 is 0 Å². The molecule has 1 saturated carbocycles. The fourth-order valence-electron chi connectivity index (χ4n) is 3.03. The average molecular weight is 281 g/mol. The first-order valence-corrected chi connectivity index (χ1v) is 7.45. The number of aromatic nitrogens is 3. The van der Waals surface area contributed by atoms with Gasteiger partial charge in [-0.25, -0.2) is 9.48 Å². The van der Waals surface area contributed by atoms with Crippen LogP contribution in [0.1, 0.15) is 61.6 Å². The lowest BCUT2D eigenvalue weighted by molar-refractivity contribution is 0.0688. The molecule has 1 atom stereocenters. The second-order valence-corrected chi connectivity index (χ2v) is 5.66. The van der Waals surface area contributed by atoms with Crippen LogP contribution in [-0.2, 0) is 13.0 Å². The Morgan fingerprint density at radius 1 is 1.45 bits per heavy atom. The highest BCUT2D eigenvalue weighted by atomic mass is 16.4. The molecule has 1 heterocycles. The van der Waals surface area contributed by atoms with Crippen molar-refractivity contribution in [2.24, 2.45) is 5.92 Å². The predicted octanol–water partition coefficient (Wildman–Crippen LogP) is 1.87. The number of nitrogens with zero attached hydrogens (tertiary/aromatic N) is 3. The first kappa shape index (κ1) is 15.0. The summed E-state index contributed by atoms with van der Waals surface area (Å²) < 4.78 is 1.56. The van der Waals surface area contributed by atoms with E-state index in [1.165, 1.54) is 25.7 Å². The maximum atomic E-state index is 11.1. The lowest BCUT2D eigenvalue weighted by atomic mass is 10.00. The lowest BCUT2D eigenvalue weighted by Gasteiger charge is -2.16. The Morgan fingerprint density at radius 3 is 2.75 bits per heavy atom. The molecule has 0 spiro atoms. The molecule has 0 radical (unpaired) electrons. The molecule has 0 bridgehead atoms. The normalized spacial score (nSPS) is 17.5. The number of carboxylic acid groups (broad SMARTS) is 1. The van der Waals surface area contributed by atoms with Crippen molar-refractivity contribution in [2.75, 3.05) is 0 Å². The van der Waals surface area contributed by atoms with Crippen molar-refractivity contribution in [3.8, 4) is 0 Å². The van der Waals surface area contributed by atoms with Crippen LogP contribution in [0.2, 0.25) is 0 Å². The third-order valence-electron chi connectivity index (χ3n) is 3.99. The number of hydrogen-bond donors (Lipinski definition) is 2. The standard InChI is InChI=1S/C14H23N3O3/c1-2-5-12-13(14(19)20)15-16-17(12)9-11(18)8-10-6-3-4-7-10/h10-11,18H,2-9H2,1H3,(H,19,20). The van der Waals surface area contributed by atoms with E-state index in [0.29, 0.717) is 24.6 Å². The van der Waals surface area contributed by atoms with Crippen LogP contribution in [0.5, 0.6) is 0 Å². The Kier molecular flexibility index (Phi) is 5.11. The van der Waals surface area contributed by atoms with Gasteiger partial charge in [0.15, 0.2) is 5.69 Å². The summed E-state index contributed by atoms with van der Waals surface area (Å²) in [6.45, 7) is 2.32. The molecule has 20 heavy (non-hydrogen) atoms. The highest BCUT2D eigenvalue weighted by Gasteiger charge is 2.22. The van der Waals surface area contributed by atoms with Crippen LogP contribution in [0.3, 0.4) is 0 Å². The van der Waals surface area contributed by atoms with Gasteiger partial charge < -0.3 is 10.2 Å². The highest BCUT2D eigenvalue weighted by molar-refractivity contribution is 5.86. The SMILES string of the molecule is CCCc1c(C(=O)O)nnn1CC(O)CC1CCCC1. The zero-order valence-corrected chi connectivity index (χ0v) is 12.0. The van der Waals surface area contributed by atoms with Crippen LogP contribution in [-0.4, -0.2) is 37.3 Å². The Morgan fingerprint density at radius 2 is 2.15 bits per heavy atom. The molecule has 0 aliphatic heterocycles. The number of hydrogen-bond acceptors (Lipinski definition) is 4. The Labute approximate surface area is 118 Å². The number of aromatic carboxylic acids is 1. The first-order chi connectivity index (χ1) is 9.61. The van der Waals surface area contributed by atoms with Crippen molar-refractivity contribution in [1.82, 2.24) is 15.0 Å². The third kappa shape index (κ3) is 3.56. The molecule has 1 aliphatic carbocycles. The molecular weight excluding hydrogens is 258 g/mol. The molecule has 112 valence electrons. The number of aliphatic hydroxyl groups excluding tert-OH is 1. The van der Waals surface area contributed by atoms with Gasteiger partial charge in [0.25, 0.3) is 0 Å². The molecule has 0 aromatic carbocycles. The molecule has 1 aliphatic rings. The summed E-state index contributed by atoms with van der Waals surface area (Å²) in [5.74, 6) is -0.452. The number of rotatable bonds is 7. The van der Waals surface area contributed by atoms with Crippen molar-refractivity contribution < 1.29 is 15.0 Å². The first-order valence-electron chi connectivity index (χ1n) is 7.45. The van der Waals surface area contributed by atoms with E-state index in [9.17, 15) is 9.90 Å². The van der Waals surface area contributed by atoms with Crippen molar-refractivity contribution >= 4 is 5.97 Å². The minimum absolute atomic E-state index is 0.0138. The molecule has 2 N–H and O–H groups in total. The lowest BCUT2D eigenvalue weighted by Crippen LogP contribution is -2.21. The third-order valence-corrected chi connectivity index (χ3v) is 3.99. The number of aliphatic hydroxyl groups is 1. The summed E-state index contributed by atoms with van der Waals surface area (Å²) in [6.07, 6.45) is 6.63. The predicted molar refractivity (Wildman–Crippen MR) is 73.6 cm³/mol. The fraction of sp³-hybridized carbons (Fsp3) is 0.786. The molecule has 2 rings (SSSR count). The smallest absolute Gasteiger partial charge is 0.358 e. The monoisotopic (exact) mass is 281 g/mol. The maximum Gasteiger partial charge on any atom is 0.358 e. The van der Waals surface area contributed by atoms with Gasteiger partial charge in [0.05, 0.1) is 18.3 Å². The van der Waals surface area contributed by atoms with Gasteiger partial charge in [0.2, 0.25) is 0 Å². The van der Waals surface area contributed by atoms with E-state index in [1.807, 2.05) is 6.92 Å². The van der Waals surface area contributed by atoms with Gasteiger partial charge in [0.1, 0.15) is 0 Å². The summed E-state index contributed by atoms with van der Waals surface area (Å²) in [5.41, 5.74) is 0.630. The van der Waals surface area contributed by atoms with Gasteiger partial charge in [0, 0.05) is 0 Å². The van der Waals surface area contributed by atoms with Gasteiger partial charge in [-0.1, -0.05) is 44.2 Å². The van der Waals surface area contributed by atoms with Gasteiger partial charge in [-0.3, -0.25) is 0 Å². The van der Waals surface area contributed by atoms with Crippen molar-refractivity contribution in [3.63, 3.8) is 0 Å². The van der Waals surface area contributed by atoms with Crippen molar-refractivity contribution in [1.29, 1.82) is 0 Å². The molecule has 1 aromatic heterocycles. The molecular formula is C14H23N3O3. The van der Waals surface area contributed by atoms with Crippen LogP contribution in [0.25, 0.3) is 0 Å². The van der Waals surface area contributed by atoms with Gasteiger partial charge in [-0.15, -0.1) is 5.10 Å². The number of carboxylic acids is 1. The Balaban J connectivity index is 2.01. The summed E-state index contributed by atoms with van der Waals surface area (Å²) in [4.78, 5) is 11.1. The second-order valence-electron chi connectivity index (χ2n) is 5.66. The van der Waals surface area contributed by atoms with E-state index in [4.69, 9.17) is 5.11 Å². The van der Waals surface area contributed by atoms with E-state index in [0.717, 1.165) is 12.8 Å². The minimum atomic E-state index is -1.05. The molecule has 6 nitrogen and oxygen atoms in total. The van der Waals surface area contributed by atoms with Crippen LogP contribution in [0.4, 0.5) is 0 Å². The highest BCUT2D eigenvalue weighted by Crippen LogP contribution is 2.28. The molecule has 1 unspecified atom stereocenters. The summed E-state index contributed by atoms with van der Waals surface area (Å²) in [7, 11) is 0. The van der Waals surface area contributed by atoms with E-state index in [-0.39, 0.29) is 5.69 Å². The molecule has 1 fully saturated rings. The zero-order chi connectivity index (χ0) is 14.5. The van der Waals surface area contributed by atoms with Crippen molar-refractivity contribution in [2.45, 2.75) is 64.5 Å². The average Bonchev–Trinajstić information content (AvgIpc) is 3.00. The van der Waals surface area contributed by atoms with E-state index < -0.39 is 12.1 Å². The van der Waals surface area contributed by atoms with E-state index in [2.05, 4.69) is 10.3 Å². The molecule has 1 aromatic rings. The van der Waals surface area contributed by atoms with Gasteiger partial charge in [-0.2, -0.15) is 0 Å². The Hall–Kier alpha value is -1.43. The maximum absolute atomic E-state index is 11.1.